The smallest absolute Gasteiger partial charge is 0.225 e. The number of hydrogen-bond acceptors (Lipinski definition) is 3. The number of carbonyl (C=O) groups excluding carboxylic acids is 2. The molecule has 1 aromatic rings. The highest BCUT2D eigenvalue weighted by atomic mass is 16.2. The molecule has 0 saturated heterocycles. The van der Waals surface area contributed by atoms with Crippen LogP contribution in [-0.4, -0.2) is 17.9 Å². The zero-order chi connectivity index (χ0) is 15.1. The Morgan fingerprint density at radius 1 is 1.20 bits per heavy atom. The number of benzene rings is 1. The van der Waals surface area contributed by atoms with Crippen LogP contribution in [0.2, 0.25) is 0 Å². The molecule has 0 aliphatic heterocycles. The Kier molecular flexibility index (Phi) is 6.18. The zero-order valence-electron chi connectivity index (χ0n) is 12.3. The summed E-state index contributed by atoms with van der Waals surface area (Å²) in [6.45, 7) is 5.64. The van der Waals surface area contributed by atoms with Gasteiger partial charge in [0.05, 0.1) is 0 Å². The minimum absolute atomic E-state index is 0.0564. The van der Waals surface area contributed by atoms with Gasteiger partial charge in [0.25, 0.3) is 0 Å². The van der Waals surface area contributed by atoms with Crippen molar-refractivity contribution in [3.8, 4) is 0 Å². The second-order valence-corrected chi connectivity index (χ2v) is 4.85. The van der Waals surface area contributed by atoms with Crippen molar-refractivity contribution < 1.29 is 9.59 Å². The van der Waals surface area contributed by atoms with Gasteiger partial charge >= 0.3 is 0 Å². The van der Waals surface area contributed by atoms with Gasteiger partial charge in [0.15, 0.2) is 0 Å². The monoisotopic (exact) mass is 277 g/mol. The fraction of sp³-hybridized carbons (Fsp3) is 0.467. The number of anilines is 2. The van der Waals surface area contributed by atoms with E-state index in [1.54, 1.807) is 13.0 Å². The number of nitrogens with two attached hydrogens (primary N) is 1. The fourth-order valence-electron chi connectivity index (χ4n) is 1.67. The second kappa shape index (κ2) is 7.65. The Hall–Kier alpha value is -1.88. The van der Waals surface area contributed by atoms with Crippen LogP contribution in [0.1, 0.15) is 38.7 Å². The van der Waals surface area contributed by atoms with E-state index < -0.39 is 0 Å². The molecule has 0 aliphatic rings. The number of nitrogens with one attached hydrogen (secondary N) is 2. The minimum atomic E-state index is -0.127. The average Bonchev–Trinajstić information content (AvgIpc) is 2.42. The van der Waals surface area contributed by atoms with Crippen LogP contribution in [0.3, 0.4) is 0 Å². The lowest BCUT2D eigenvalue weighted by Crippen LogP contribution is -2.26. The number of carbonyl (C=O) groups is 2. The Morgan fingerprint density at radius 3 is 2.50 bits per heavy atom. The summed E-state index contributed by atoms with van der Waals surface area (Å²) in [5.41, 5.74) is 8.08. The highest BCUT2D eigenvalue weighted by molar-refractivity contribution is 5.94. The molecule has 0 aromatic heterocycles. The first-order chi connectivity index (χ1) is 9.46. The summed E-state index contributed by atoms with van der Waals surface area (Å²) in [4.78, 5) is 23.2. The number of aryl methyl sites for hydroxylation is 1. The molecule has 20 heavy (non-hydrogen) atoms. The molecule has 5 nitrogen and oxygen atoms in total. The van der Waals surface area contributed by atoms with Gasteiger partial charge in [-0.2, -0.15) is 0 Å². The van der Waals surface area contributed by atoms with Crippen LogP contribution in [0.25, 0.3) is 0 Å². The summed E-state index contributed by atoms with van der Waals surface area (Å²) >= 11 is 0. The Bertz CT molecular complexity index is 486. The van der Waals surface area contributed by atoms with E-state index in [1.807, 2.05) is 26.0 Å². The van der Waals surface area contributed by atoms with Gasteiger partial charge in [-0.05, 0) is 31.0 Å². The quantitative estimate of drug-likeness (QED) is 0.746. The molecule has 5 heteroatoms. The highest BCUT2D eigenvalue weighted by Crippen LogP contribution is 2.20. The molecule has 2 amide bonds. The van der Waals surface area contributed by atoms with Crippen molar-refractivity contribution in [1.82, 2.24) is 0 Å². The first kappa shape index (κ1) is 16.2. The standard InChI is InChI=1S/C15H23N3O2/c1-4-11(16)8-15(20)18-13-9-12(7-6-10(13)3)17-14(19)5-2/h6-7,9,11H,4-5,8,16H2,1-3H3,(H,17,19)(H,18,20). The van der Waals surface area contributed by atoms with Crippen molar-refractivity contribution in [3.63, 3.8) is 0 Å². The molecule has 0 spiro atoms. The van der Waals surface area contributed by atoms with Gasteiger partial charge in [0.1, 0.15) is 0 Å². The van der Waals surface area contributed by atoms with Crippen LogP contribution >= 0.6 is 0 Å². The summed E-state index contributed by atoms with van der Waals surface area (Å²) < 4.78 is 0. The maximum Gasteiger partial charge on any atom is 0.225 e. The Morgan fingerprint density at radius 2 is 1.90 bits per heavy atom. The van der Waals surface area contributed by atoms with Gasteiger partial charge in [-0.1, -0.05) is 19.9 Å². The van der Waals surface area contributed by atoms with Crippen LogP contribution in [0, 0.1) is 6.92 Å². The zero-order valence-corrected chi connectivity index (χ0v) is 12.3. The summed E-state index contributed by atoms with van der Waals surface area (Å²) in [5, 5.41) is 5.61. The van der Waals surface area contributed by atoms with Crippen molar-refractivity contribution in [2.45, 2.75) is 46.1 Å². The third-order valence-corrected chi connectivity index (χ3v) is 3.09. The van der Waals surface area contributed by atoms with E-state index in [4.69, 9.17) is 5.73 Å². The summed E-state index contributed by atoms with van der Waals surface area (Å²) in [6.07, 6.45) is 1.47. The van der Waals surface area contributed by atoms with Gasteiger partial charge < -0.3 is 16.4 Å². The molecule has 0 aliphatic carbocycles. The van der Waals surface area contributed by atoms with Gasteiger partial charge in [0.2, 0.25) is 11.8 Å². The maximum atomic E-state index is 11.8. The van der Waals surface area contributed by atoms with Crippen LogP contribution in [0.15, 0.2) is 18.2 Å². The summed E-state index contributed by atoms with van der Waals surface area (Å²) in [6, 6.07) is 5.31. The van der Waals surface area contributed by atoms with Crippen LogP contribution in [0.5, 0.6) is 0 Å². The van der Waals surface area contributed by atoms with Crippen molar-refractivity contribution in [2.75, 3.05) is 10.6 Å². The molecule has 1 aromatic carbocycles. The van der Waals surface area contributed by atoms with Crippen LogP contribution < -0.4 is 16.4 Å². The molecular formula is C15H23N3O2. The predicted octanol–water partition coefficient (Wildman–Crippen LogP) is 2.41. The number of amides is 2. The van der Waals surface area contributed by atoms with Gasteiger partial charge in [0, 0.05) is 30.3 Å². The minimum Gasteiger partial charge on any atom is -0.327 e. The lowest BCUT2D eigenvalue weighted by Gasteiger charge is -2.13. The lowest BCUT2D eigenvalue weighted by molar-refractivity contribution is -0.117. The van der Waals surface area contributed by atoms with Crippen molar-refractivity contribution >= 4 is 23.2 Å². The van der Waals surface area contributed by atoms with Gasteiger partial charge in [-0.25, -0.2) is 0 Å². The molecule has 110 valence electrons. The van der Waals surface area contributed by atoms with Crippen molar-refractivity contribution in [2.24, 2.45) is 5.73 Å². The first-order valence-corrected chi connectivity index (χ1v) is 6.92. The third-order valence-electron chi connectivity index (χ3n) is 3.09. The van der Waals surface area contributed by atoms with Crippen molar-refractivity contribution in [3.05, 3.63) is 23.8 Å². The number of rotatable bonds is 6. The number of hydrogen-bond donors (Lipinski definition) is 3. The molecule has 4 N–H and O–H groups in total. The molecule has 0 bridgehead atoms. The SMILES string of the molecule is CCC(=O)Nc1ccc(C)c(NC(=O)CC(N)CC)c1. The summed E-state index contributed by atoms with van der Waals surface area (Å²) in [7, 11) is 0. The summed E-state index contributed by atoms with van der Waals surface area (Å²) in [5.74, 6) is -0.166. The van der Waals surface area contributed by atoms with E-state index in [1.165, 1.54) is 0 Å². The molecule has 0 heterocycles. The van der Waals surface area contributed by atoms with E-state index in [0.717, 1.165) is 12.0 Å². The Labute approximate surface area is 119 Å². The molecule has 1 atom stereocenters. The van der Waals surface area contributed by atoms with E-state index >= 15 is 0 Å². The molecule has 0 saturated carbocycles. The van der Waals surface area contributed by atoms with Crippen molar-refractivity contribution in [1.29, 1.82) is 0 Å². The molecule has 0 radical (unpaired) electrons. The van der Waals surface area contributed by atoms with Gasteiger partial charge in [-0.15, -0.1) is 0 Å². The lowest BCUT2D eigenvalue weighted by atomic mass is 10.1. The molecule has 1 unspecified atom stereocenters. The highest BCUT2D eigenvalue weighted by Gasteiger charge is 2.10. The topological polar surface area (TPSA) is 84.2 Å². The van der Waals surface area contributed by atoms with E-state index in [2.05, 4.69) is 10.6 Å². The van der Waals surface area contributed by atoms with E-state index in [9.17, 15) is 9.59 Å². The molecule has 0 fully saturated rings. The third kappa shape index (κ3) is 5.01. The average molecular weight is 277 g/mol. The predicted molar refractivity (Wildman–Crippen MR) is 81.6 cm³/mol. The van der Waals surface area contributed by atoms with Crippen LogP contribution in [-0.2, 0) is 9.59 Å². The second-order valence-electron chi connectivity index (χ2n) is 4.85. The van der Waals surface area contributed by atoms with E-state index in [-0.39, 0.29) is 17.9 Å². The van der Waals surface area contributed by atoms with E-state index in [0.29, 0.717) is 24.2 Å². The fourth-order valence-corrected chi connectivity index (χ4v) is 1.67. The Balaban J connectivity index is 2.76. The largest absolute Gasteiger partial charge is 0.327 e. The first-order valence-electron chi connectivity index (χ1n) is 6.92. The van der Waals surface area contributed by atoms with Crippen LogP contribution in [0.4, 0.5) is 11.4 Å². The normalized spacial score (nSPS) is 11.8. The van der Waals surface area contributed by atoms with Gasteiger partial charge in [-0.3, -0.25) is 9.59 Å². The maximum absolute atomic E-state index is 11.8. The molecular weight excluding hydrogens is 254 g/mol. The molecule has 1 rings (SSSR count).